The zero-order valence-electron chi connectivity index (χ0n) is 15.9. The van der Waals surface area contributed by atoms with Crippen molar-refractivity contribution in [2.45, 2.75) is 44.4 Å². The Morgan fingerprint density at radius 2 is 1.79 bits per heavy atom. The Labute approximate surface area is 163 Å². The zero-order chi connectivity index (χ0) is 20.1. The van der Waals surface area contributed by atoms with Gasteiger partial charge >= 0.3 is 0 Å². The summed E-state index contributed by atoms with van der Waals surface area (Å²) in [7, 11) is 1.45. The van der Waals surface area contributed by atoms with Crippen molar-refractivity contribution in [2.75, 3.05) is 7.05 Å². The molecule has 3 N–H and O–H groups in total. The summed E-state index contributed by atoms with van der Waals surface area (Å²) in [5, 5.41) is 15.0. The van der Waals surface area contributed by atoms with Crippen LogP contribution in [0.3, 0.4) is 0 Å². The predicted molar refractivity (Wildman–Crippen MR) is 105 cm³/mol. The van der Waals surface area contributed by atoms with Crippen LogP contribution in [-0.4, -0.2) is 40.7 Å². The van der Waals surface area contributed by atoms with Crippen LogP contribution < -0.4 is 16.2 Å². The van der Waals surface area contributed by atoms with Crippen molar-refractivity contribution in [1.82, 2.24) is 15.2 Å². The highest BCUT2D eigenvalue weighted by atomic mass is 16.3. The molecule has 0 atom stereocenters. The first-order chi connectivity index (χ1) is 13.5. The number of pyridine rings is 1. The van der Waals surface area contributed by atoms with E-state index in [9.17, 15) is 19.5 Å². The third-order valence-corrected chi connectivity index (χ3v) is 5.05. The van der Waals surface area contributed by atoms with E-state index in [1.807, 2.05) is 30.3 Å². The maximum absolute atomic E-state index is 12.8. The normalized spacial score (nSPS) is 19.1. The number of carbonyl (C=O) groups excluding carboxylic acids is 2. The van der Waals surface area contributed by atoms with Crippen LogP contribution in [0, 0.1) is 0 Å². The van der Waals surface area contributed by atoms with Gasteiger partial charge < -0.3 is 20.3 Å². The Kier molecular flexibility index (Phi) is 6.26. The van der Waals surface area contributed by atoms with E-state index in [1.165, 1.54) is 23.9 Å². The number of benzene rings is 1. The van der Waals surface area contributed by atoms with Gasteiger partial charge in [-0.2, -0.15) is 0 Å². The third kappa shape index (κ3) is 4.67. The fraction of sp³-hybridized carbons (Fsp3) is 0.381. The van der Waals surface area contributed by atoms with Gasteiger partial charge in [-0.25, -0.2) is 0 Å². The minimum atomic E-state index is -0.526. The quantitative estimate of drug-likeness (QED) is 0.724. The summed E-state index contributed by atoms with van der Waals surface area (Å²) in [5.41, 5.74) is 0.650. The maximum Gasteiger partial charge on any atom is 0.263 e. The van der Waals surface area contributed by atoms with E-state index in [-0.39, 0.29) is 35.7 Å². The maximum atomic E-state index is 12.8. The SMILES string of the molecule is CNC(=O)c1cc(C(=O)N[C@H]2CC[C@H](O)CC2)cn(Cc2ccccc2)c1=O. The van der Waals surface area contributed by atoms with Gasteiger partial charge in [0.1, 0.15) is 5.56 Å². The number of carbonyl (C=O) groups is 2. The largest absolute Gasteiger partial charge is 0.393 e. The molecule has 3 rings (SSSR count). The topological polar surface area (TPSA) is 100 Å². The summed E-state index contributed by atoms with van der Waals surface area (Å²) in [6.45, 7) is 0.264. The van der Waals surface area contributed by atoms with E-state index in [1.54, 1.807) is 0 Å². The fourth-order valence-corrected chi connectivity index (χ4v) is 3.44. The second-order valence-electron chi connectivity index (χ2n) is 7.12. The van der Waals surface area contributed by atoms with Crippen molar-refractivity contribution >= 4 is 11.8 Å². The molecule has 0 spiro atoms. The lowest BCUT2D eigenvalue weighted by Crippen LogP contribution is -2.40. The summed E-state index contributed by atoms with van der Waals surface area (Å²) in [6, 6.07) is 10.7. The molecule has 2 amide bonds. The number of nitrogens with one attached hydrogen (secondary N) is 2. The van der Waals surface area contributed by atoms with E-state index < -0.39 is 11.5 Å². The number of amides is 2. The molecule has 1 aromatic carbocycles. The van der Waals surface area contributed by atoms with Crippen LogP contribution in [0.15, 0.2) is 47.4 Å². The van der Waals surface area contributed by atoms with Crippen LogP contribution in [-0.2, 0) is 6.54 Å². The summed E-state index contributed by atoms with van der Waals surface area (Å²) in [6.07, 6.45) is 3.91. The summed E-state index contributed by atoms with van der Waals surface area (Å²) >= 11 is 0. The second kappa shape index (κ2) is 8.84. The fourth-order valence-electron chi connectivity index (χ4n) is 3.44. The van der Waals surface area contributed by atoms with Crippen molar-refractivity contribution < 1.29 is 14.7 Å². The van der Waals surface area contributed by atoms with Crippen molar-refractivity contribution in [2.24, 2.45) is 0 Å². The highest BCUT2D eigenvalue weighted by Gasteiger charge is 2.23. The minimum absolute atomic E-state index is 0.0196. The molecule has 7 nitrogen and oxygen atoms in total. The van der Waals surface area contributed by atoms with Crippen molar-refractivity contribution in [3.05, 3.63) is 69.6 Å². The second-order valence-corrected chi connectivity index (χ2v) is 7.12. The molecule has 1 heterocycles. The van der Waals surface area contributed by atoms with E-state index in [4.69, 9.17) is 0 Å². The molecular formula is C21H25N3O4. The zero-order valence-corrected chi connectivity index (χ0v) is 15.9. The number of hydrogen-bond acceptors (Lipinski definition) is 4. The smallest absolute Gasteiger partial charge is 0.263 e. The number of nitrogens with zero attached hydrogens (tertiary/aromatic N) is 1. The molecule has 1 aliphatic rings. The van der Waals surface area contributed by atoms with Gasteiger partial charge in [-0.15, -0.1) is 0 Å². The standard InChI is InChI=1S/C21H25N3O4/c1-22-20(27)18-11-15(19(26)23-16-7-9-17(25)10-8-16)13-24(21(18)28)12-14-5-3-2-4-6-14/h2-6,11,13,16-17,25H,7-10,12H2,1H3,(H,22,27)(H,23,26)/t16-,17-. The summed E-state index contributed by atoms with van der Waals surface area (Å²) < 4.78 is 1.39. The molecule has 1 aliphatic carbocycles. The molecule has 7 heteroatoms. The molecule has 1 aromatic heterocycles. The number of aliphatic hydroxyl groups excluding tert-OH is 1. The van der Waals surface area contributed by atoms with Crippen LogP contribution in [0.25, 0.3) is 0 Å². The Hall–Kier alpha value is -2.93. The Morgan fingerprint density at radius 3 is 2.43 bits per heavy atom. The van der Waals surface area contributed by atoms with E-state index in [0.29, 0.717) is 25.7 Å². The van der Waals surface area contributed by atoms with Crippen LogP contribution in [0.2, 0.25) is 0 Å². The first kappa shape index (κ1) is 19.8. The Bertz CT molecular complexity index is 900. The van der Waals surface area contributed by atoms with Gasteiger partial charge in [0.25, 0.3) is 17.4 Å². The van der Waals surface area contributed by atoms with Gasteiger partial charge in [0, 0.05) is 19.3 Å². The molecule has 0 aliphatic heterocycles. The number of aromatic nitrogens is 1. The van der Waals surface area contributed by atoms with Crippen LogP contribution in [0.4, 0.5) is 0 Å². The van der Waals surface area contributed by atoms with Crippen LogP contribution in [0.1, 0.15) is 52.0 Å². The summed E-state index contributed by atoms with van der Waals surface area (Å²) in [4.78, 5) is 37.6. The average molecular weight is 383 g/mol. The molecule has 0 unspecified atom stereocenters. The Morgan fingerprint density at radius 1 is 1.11 bits per heavy atom. The lowest BCUT2D eigenvalue weighted by molar-refractivity contribution is 0.0867. The third-order valence-electron chi connectivity index (χ3n) is 5.05. The van der Waals surface area contributed by atoms with E-state index >= 15 is 0 Å². The molecule has 0 radical (unpaired) electrons. The number of aliphatic hydroxyl groups is 1. The van der Waals surface area contributed by atoms with Crippen LogP contribution >= 0.6 is 0 Å². The lowest BCUT2D eigenvalue weighted by atomic mass is 9.93. The van der Waals surface area contributed by atoms with Gasteiger partial charge in [0.15, 0.2) is 0 Å². The molecule has 148 valence electrons. The van der Waals surface area contributed by atoms with Gasteiger partial charge in [0.2, 0.25) is 0 Å². The van der Waals surface area contributed by atoms with Gasteiger partial charge in [0.05, 0.1) is 18.2 Å². The monoisotopic (exact) mass is 383 g/mol. The molecule has 0 saturated heterocycles. The van der Waals surface area contributed by atoms with Gasteiger partial charge in [-0.05, 0) is 37.3 Å². The van der Waals surface area contributed by atoms with Gasteiger partial charge in [-0.3, -0.25) is 14.4 Å². The summed E-state index contributed by atoms with van der Waals surface area (Å²) in [5.74, 6) is -0.851. The van der Waals surface area contributed by atoms with Gasteiger partial charge in [-0.1, -0.05) is 30.3 Å². The Balaban J connectivity index is 1.89. The molecule has 28 heavy (non-hydrogen) atoms. The molecule has 2 aromatic rings. The number of rotatable bonds is 5. The first-order valence-corrected chi connectivity index (χ1v) is 9.47. The van der Waals surface area contributed by atoms with Crippen molar-refractivity contribution in [3.63, 3.8) is 0 Å². The highest BCUT2D eigenvalue weighted by Crippen LogP contribution is 2.18. The predicted octanol–water partition coefficient (Wildman–Crippen LogP) is 1.29. The minimum Gasteiger partial charge on any atom is -0.393 e. The average Bonchev–Trinajstić information content (AvgIpc) is 2.71. The van der Waals surface area contributed by atoms with E-state index in [0.717, 1.165) is 5.56 Å². The number of hydrogen-bond donors (Lipinski definition) is 3. The van der Waals surface area contributed by atoms with Crippen molar-refractivity contribution in [1.29, 1.82) is 0 Å². The highest BCUT2D eigenvalue weighted by molar-refractivity contribution is 5.99. The molecular weight excluding hydrogens is 358 g/mol. The molecule has 1 saturated carbocycles. The van der Waals surface area contributed by atoms with E-state index in [2.05, 4.69) is 10.6 Å². The molecule has 0 bridgehead atoms. The van der Waals surface area contributed by atoms with Crippen molar-refractivity contribution in [3.8, 4) is 0 Å². The molecule has 1 fully saturated rings. The lowest BCUT2D eigenvalue weighted by Gasteiger charge is -2.26. The first-order valence-electron chi connectivity index (χ1n) is 9.47. The van der Waals surface area contributed by atoms with Crippen LogP contribution in [0.5, 0.6) is 0 Å².